The average molecular weight is 251 g/mol. The van der Waals surface area contributed by atoms with Crippen LogP contribution in [0.4, 0.5) is 0 Å². The molecule has 2 aromatic carbocycles. The summed E-state index contributed by atoms with van der Waals surface area (Å²) in [6.45, 7) is 5.19. The highest BCUT2D eigenvalue weighted by Crippen LogP contribution is 2.12. The number of hydrogen-bond donors (Lipinski definition) is 1. The summed E-state index contributed by atoms with van der Waals surface area (Å²) in [6.07, 6.45) is 4.31. The second kappa shape index (κ2) is 6.91. The molecule has 0 aliphatic carbocycles. The maximum absolute atomic E-state index is 3.50. The molecule has 0 amide bonds. The molecule has 0 heterocycles. The molecule has 2 rings (SSSR count). The molecule has 1 heteroatoms. The Hall–Kier alpha value is -1.86. The topological polar surface area (TPSA) is 12.0 Å². The zero-order valence-corrected chi connectivity index (χ0v) is 11.6. The Bertz CT molecular complexity index is 511. The summed E-state index contributed by atoms with van der Waals surface area (Å²) >= 11 is 0. The highest BCUT2D eigenvalue weighted by Gasteiger charge is 2.02. The summed E-state index contributed by atoms with van der Waals surface area (Å²) in [5.41, 5.74) is 3.88. The van der Waals surface area contributed by atoms with Crippen molar-refractivity contribution in [2.24, 2.45) is 0 Å². The first kappa shape index (κ1) is 13.6. The van der Waals surface area contributed by atoms with Gasteiger partial charge >= 0.3 is 0 Å². The zero-order chi connectivity index (χ0) is 13.5. The molecule has 0 saturated heterocycles. The van der Waals surface area contributed by atoms with E-state index in [-0.39, 0.29) is 0 Å². The Balaban J connectivity index is 1.82. The Morgan fingerprint density at radius 2 is 1.68 bits per heavy atom. The average Bonchev–Trinajstić information content (AvgIpc) is 2.45. The van der Waals surface area contributed by atoms with Crippen LogP contribution >= 0.6 is 0 Å². The van der Waals surface area contributed by atoms with E-state index in [9.17, 15) is 0 Å². The standard InChI is InChI=1S/C18H21N/c1-15-10-12-18(13-11-15)16(2)19-14-6-9-17-7-4-3-5-8-17/h3-13,16,19H,14H2,1-2H3. The third kappa shape index (κ3) is 4.38. The van der Waals surface area contributed by atoms with E-state index in [0.717, 1.165) is 6.54 Å². The third-order valence-corrected chi connectivity index (χ3v) is 3.23. The zero-order valence-electron chi connectivity index (χ0n) is 11.6. The van der Waals surface area contributed by atoms with Crippen LogP contribution in [0, 0.1) is 6.92 Å². The van der Waals surface area contributed by atoms with Crippen LogP contribution in [0.5, 0.6) is 0 Å². The predicted molar refractivity (Wildman–Crippen MR) is 83.1 cm³/mol. The van der Waals surface area contributed by atoms with Crippen LogP contribution in [0.3, 0.4) is 0 Å². The molecule has 1 unspecified atom stereocenters. The van der Waals surface area contributed by atoms with Crippen LogP contribution in [0.1, 0.15) is 29.7 Å². The largest absolute Gasteiger partial charge is 0.307 e. The van der Waals surface area contributed by atoms with Gasteiger partial charge in [-0.2, -0.15) is 0 Å². The van der Waals surface area contributed by atoms with E-state index in [4.69, 9.17) is 0 Å². The van der Waals surface area contributed by atoms with Crippen molar-refractivity contribution in [1.82, 2.24) is 5.32 Å². The molecule has 1 nitrogen and oxygen atoms in total. The van der Waals surface area contributed by atoms with Gasteiger partial charge in [-0.3, -0.25) is 0 Å². The van der Waals surface area contributed by atoms with E-state index in [2.05, 4.69) is 79.8 Å². The molecular weight excluding hydrogens is 230 g/mol. The van der Waals surface area contributed by atoms with Crippen molar-refractivity contribution >= 4 is 6.08 Å². The molecule has 0 aliphatic heterocycles. The minimum absolute atomic E-state index is 0.376. The molecule has 0 aromatic heterocycles. The molecule has 0 radical (unpaired) electrons. The van der Waals surface area contributed by atoms with Crippen molar-refractivity contribution in [3.8, 4) is 0 Å². The lowest BCUT2D eigenvalue weighted by Gasteiger charge is -2.12. The summed E-state index contributed by atoms with van der Waals surface area (Å²) in [5.74, 6) is 0. The van der Waals surface area contributed by atoms with Gasteiger partial charge in [0.2, 0.25) is 0 Å². The first-order chi connectivity index (χ1) is 9.25. The number of nitrogens with one attached hydrogen (secondary N) is 1. The molecule has 2 aromatic rings. The number of hydrogen-bond acceptors (Lipinski definition) is 1. The van der Waals surface area contributed by atoms with E-state index in [1.165, 1.54) is 16.7 Å². The van der Waals surface area contributed by atoms with E-state index < -0.39 is 0 Å². The smallest absolute Gasteiger partial charge is 0.0294 e. The fraction of sp³-hybridized carbons (Fsp3) is 0.222. The Morgan fingerprint density at radius 1 is 1.00 bits per heavy atom. The lowest BCUT2D eigenvalue weighted by atomic mass is 10.1. The molecule has 0 saturated carbocycles. The van der Waals surface area contributed by atoms with Crippen LogP contribution in [0.15, 0.2) is 60.7 Å². The van der Waals surface area contributed by atoms with Crippen LogP contribution in [-0.2, 0) is 0 Å². The summed E-state index contributed by atoms with van der Waals surface area (Å²) in [7, 11) is 0. The van der Waals surface area contributed by atoms with E-state index in [0.29, 0.717) is 6.04 Å². The minimum atomic E-state index is 0.376. The highest BCUT2D eigenvalue weighted by atomic mass is 14.9. The van der Waals surface area contributed by atoms with Crippen LogP contribution in [0.25, 0.3) is 6.08 Å². The molecule has 0 spiro atoms. The maximum Gasteiger partial charge on any atom is 0.0294 e. The van der Waals surface area contributed by atoms with E-state index in [1.807, 2.05) is 6.07 Å². The van der Waals surface area contributed by atoms with Crippen molar-refractivity contribution in [2.45, 2.75) is 19.9 Å². The normalized spacial score (nSPS) is 12.7. The molecule has 1 atom stereocenters. The van der Waals surface area contributed by atoms with Crippen LogP contribution in [0.2, 0.25) is 0 Å². The van der Waals surface area contributed by atoms with Gasteiger partial charge in [-0.25, -0.2) is 0 Å². The lowest BCUT2D eigenvalue weighted by Crippen LogP contribution is -2.18. The third-order valence-electron chi connectivity index (χ3n) is 3.23. The minimum Gasteiger partial charge on any atom is -0.307 e. The first-order valence-electron chi connectivity index (χ1n) is 6.77. The van der Waals surface area contributed by atoms with Gasteiger partial charge in [0, 0.05) is 12.6 Å². The van der Waals surface area contributed by atoms with Crippen molar-refractivity contribution in [1.29, 1.82) is 0 Å². The summed E-state index contributed by atoms with van der Waals surface area (Å²) in [4.78, 5) is 0. The van der Waals surface area contributed by atoms with Gasteiger partial charge < -0.3 is 5.32 Å². The number of rotatable bonds is 5. The van der Waals surface area contributed by atoms with Crippen LogP contribution in [-0.4, -0.2) is 6.54 Å². The maximum atomic E-state index is 3.50. The first-order valence-corrected chi connectivity index (χ1v) is 6.77. The molecular formula is C18H21N. The van der Waals surface area contributed by atoms with Gasteiger partial charge in [-0.15, -0.1) is 0 Å². The van der Waals surface area contributed by atoms with Gasteiger partial charge in [-0.1, -0.05) is 72.3 Å². The van der Waals surface area contributed by atoms with E-state index >= 15 is 0 Å². The van der Waals surface area contributed by atoms with Gasteiger partial charge in [0.1, 0.15) is 0 Å². The van der Waals surface area contributed by atoms with Crippen molar-refractivity contribution in [3.05, 3.63) is 77.4 Å². The van der Waals surface area contributed by atoms with Crippen molar-refractivity contribution in [3.63, 3.8) is 0 Å². The second-order valence-corrected chi connectivity index (χ2v) is 4.85. The molecule has 19 heavy (non-hydrogen) atoms. The second-order valence-electron chi connectivity index (χ2n) is 4.85. The molecule has 1 N–H and O–H groups in total. The number of benzene rings is 2. The quantitative estimate of drug-likeness (QED) is 0.832. The van der Waals surface area contributed by atoms with Crippen molar-refractivity contribution < 1.29 is 0 Å². The van der Waals surface area contributed by atoms with Gasteiger partial charge in [0.25, 0.3) is 0 Å². The lowest BCUT2D eigenvalue weighted by molar-refractivity contribution is 0.618. The monoisotopic (exact) mass is 251 g/mol. The molecule has 0 aliphatic rings. The molecule has 0 bridgehead atoms. The Labute approximate surface area is 116 Å². The predicted octanol–water partition coefficient (Wildman–Crippen LogP) is 4.36. The summed E-state index contributed by atoms with van der Waals surface area (Å²) in [6, 6.07) is 19.4. The Morgan fingerprint density at radius 3 is 2.37 bits per heavy atom. The Kier molecular flexibility index (Phi) is 4.93. The van der Waals surface area contributed by atoms with Gasteiger partial charge in [0.15, 0.2) is 0 Å². The van der Waals surface area contributed by atoms with Crippen LogP contribution < -0.4 is 5.32 Å². The van der Waals surface area contributed by atoms with Gasteiger partial charge in [-0.05, 0) is 25.0 Å². The SMILES string of the molecule is Cc1ccc(C(C)NCC=Cc2ccccc2)cc1. The molecule has 98 valence electrons. The molecule has 0 fully saturated rings. The fourth-order valence-corrected chi connectivity index (χ4v) is 1.98. The number of aryl methyl sites for hydroxylation is 1. The highest BCUT2D eigenvalue weighted by molar-refractivity contribution is 5.48. The van der Waals surface area contributed by atoms with Gasteiger partial charge in [0.05, 0.1) is 0 Å². The summed E-state index contributed by atoms with van der Waals surface area (Å²) in [5, 5.41) is 3.50. The fourth-order valence-electron chi connectivity index (χ4n) is 1.98. The summed E-state index contributed by atoms with van der Waals surface area (Å²) < 4.78 is 0. The van der Waals surface area contributed by atoms with E-state index in [1.54, 1.807) is 0 Å². The van der Waals surface area contributed by atoms with Crippen molar-refractivity contribution in [2.75, 3.05) is 6.54 Å².